The number of aryl methyl sites for hydroxylation is 1. The van der Waals surface area contributed by atoms with Crippen LogP contribution in [0.3, 0.4) is 0 Å². The molecule has 3 aliphatic rings. The third-order valence-electron chi connectivity index (χ3n) is 10.5. The quantitative estimate of drug-likeness (QED) is 0.183. The molecular weight excluding hydrogens is 623 g/mol. The Hall–Kier alpha value is -4.68. The second-order valence-electron chi connectivity index (χ2n) is 13.7. The van der Waals surface area contributed by atoms with Crippen molar-refractivity contribution in [3.05, 3.63) is 114 Å². The van der Waals surface area contributed by atoms with Crippen LogP contribution in [0, 0.1) is 5.92 Å². The van der Waals surface area contributed by atoms with Gasteiger partial charge in [-0.05, 0) is 60.8 Å². The van der Waals surface area contributed by atoms with Gasteiger partial charge in [-0.1, -0.05) is 66.7 Å². The number of amides is 2. The largest absolute Gasteiger partial charge is 0.432 e. The predicted molar refractivity (Wildman–Crippen MR) is 185 cm³/mol. The Bertz CT molecular complexity index is 2070. The zero-order chi connectivity index (χ0) is 33.4. The molecule has 5 aromatic rings. The Labute approximate surface area is 279 Å². The second kappa shape index (κ2) is 11.2. The van der Waals surface area contributed by atoms with Crippen molar-refractivity contribution in [1.29, 1.82) is 0 Å². The molecule has 4 aromatic carbocycles. The molecule has 2 amide bonds. The molecule has 1 fully saturated rings. The Balaban J connectivity index is 1.11. The number of nitrogens with zero attached hydrogens (tertiary/aromatic N) is 4. The van der Waals surface area contributed by atoms with Gasteiger partial charge < -0.3 is 20.0 Å². The zero-order valence-corrected chi connectivity index (χ0v) is 28.0. The number of fused-ring (bicyclic) bond motifs is 2. The van der Waals surface area contributed by atoms with Crippen LogP contribution in [0.4, 0.5) is 17.1 Å². The van der Waals surface area contributed by atoms with E-state index in [1.54, 1.807) is 9.58 Å². The van der Waals surface area contributed by atoms with E-state index < -0.39 is 20.0 Å². The summed E-state index contributed by atoms with van der Waals surface area (Å²) in [5.41, 5.74) is 3.46. The Morgan fingerprint density at radius 3 is 2.54 bits per heavy atom. The molecule has 0 saturated carbocycles. The molecule has 0 radical (unpaired) electrons. The minimum absolute atomic E-state index is 0.0956. The molecule has 3 aliphatic heterocycles. The normalized spacial score (nSPS) is 23.7. The molecule has 1 saturated heterocycles. The van der Waals surface area contributed by atoms with E-state index in [1.807, 2.05) is 111 Å². The first kappa shape index (κ1) is 30.6. The molecule has 1 unspecified atom stereocenters. The average Bonchev–Trinajstić information content (AvgIpc) is 3.81. The lowest BCUT2D eigenvalue weighted by atomic mass is 9.82. The lowest BCUT2D eigenvalue weighted by Crippen LogP contribution is -2.43. The number of ether oxygens (including phenoxy) is 1. The zero-order valence-electron chi connectivity index (χ0n) is 27.0. The van der Waals surface area contributed by atoms with E-state index >= 15 is 0 Å². The van der Waals surface area contributed by atoms with E-state index in [9.17, 15) is 19.5 Å². The number of nitrogens with one attached hydrogen (secondary N) is 1. The van der Waals surface area contributed by atoms with Gasteiger partial charge in [-0.25, -0.2) is 0 Å². The fraction of sp³-hybridized carbons (Fsp3) is 0.297. The van der Waals surface area contributed by atoms with Crippen molar-refractivity contribution in [2.24, 2.45) is 5.92 Å². The maximum absolute atomic E-state index is 14.0. The molecule has 11 heteroatoms. The number of aromatic nitrogens is 3. The molecule has 244 valence electrons. The fourth-order valence-electron chi connectivity index (χ4n) is 8.36. The van der Waals surface area contributed by atoms with Crippen molar-refractivity contribution in [2.45, 2.75) is 56.1 Å². The van der Waals surface area contributed by atoms with Crippen molar-refractivity contribution in [1.82, 2.24) is 15.0 Å². The first-order valence-electron chi connectivity index (χ1n) is 16.4. The Kier molecular flexibility index (Phi) is 7.15. The van der Waals surface area contributed by atoms with Gasteiger partial charge in [-0.15, -0.1) is 5.10 Å². The van der Waals surface area contributed by atoms with Gasteiger partial charge in [0.1, 0.15) is 0 Å². The Morgan fingerprint density at radius 2 is 1.79 bits per heavy atom. The van der Waals surface area contributed by atoms with E-state index in [0.29, 0.717) is 41.2 Å². The average molecular weight is 660 g/mol. The van der Waals surface area contributed by atoms with Gasteiger partial charge in [0.15, 0.2) is 13.9 Å². The number of carbonyl (C=O) groups is 2. The third-order valence-corrected chi connectivity index (χ3v) is 13.0. The SMILES string of the molecule is C[C@H]1[C@H]([Si](C)(C)O)[C@@H](CCn2cc(C(CO)c3ccccc3)nn2)O[C@]12C(=O)Nc1ccc(N3C(=O)c4cccc5cccc3c45)cc12. The smallest absolute Gasteiger partial charge is 0.263 e. The van der Waals surface area contributed by atoms with Crippen molar-refractivity contribution >= 4 is 48.0 Å². The number of hydrogen-bond acceptors (Lipinski definition) is 7. The summed E-state index contributed by atoms with van der Waals surface area (Å²) in [6, 6.07) is 27.0. The number of anilines is 3. The summed E-state index contributed by atoms with van der Waals surface area (Å²) in [6.07, 6.45) is 1.90. The number of aliphatic hydroxyl groups is 1. The summed E-state index contributed by atoms with van der Waals surface area (Å²) < 4.78 is 8.63. The summed E-state index contributed by atoms with van der Waals surface area (Å²) in [5, 5.41) is 23.8. The summed E-state index contributed by atoms with van der Waals surface area (Å²) >= 11 is 0. The first-order chi connectivity index (χ1) is 23.1. The van der Waals surface area contributed by atoms with Gasteiger partial charge in [0.2, 0.25) is 0 Å². The highest BCUT2D eigenvalue weighted by Gasteiger charge is 2.64. The highest BCUT2D eigenvalue weighted by molar-refractivity contribution is 6.71. The van der Waals surface area contributed by atoms with Crippen molar-refractivity contribution in [2.75, 3.05) is 16.8 Å². The minimum Gasteiger partial charge on any atom is -0.432 e. The summed E-state index contributed by atoms with van der Waals surface area (Å²) in [5.74, 6) is -1.01. The molecule has 1 aromatic heterocycles. The van der Waals surface area contributed by atoms with Gasteiger partial charge in [-0.2, -0.15) is 0 Å². The predicted octanol–water partition coefficient (Wildman–Crippen LogP) is 5.69. The van der Waals surface area contributed by atoms with Crippen molar-refractivity contribution < 1.29 is 24.2 Å². The third kappa shape index (κ3) is 4.56. The number of benzene rings is 4. The maximum atomic E-state index is 14.0. The van der Waals surface area contributed by atoms with Crippen LogP contribution >= 0.6 is 0 Å². The van der Waals surface area contributed by atoms with Gasteiger partial charge in [0.25, 0.3) is 11.8 Å². The van der Waals surface area contributed by atoms with Gasteiger partial charge >= 0.3 is 0 Å². The van der Waals surface area contributed by atoms with E-state index in [0.717, 1.165) is 22.0 Å². The lowest BCUT2D eigenvalue weighted by Gasteiger charge is -2.32. The molecule has 0 bridgehead atoms. The van der Waals surface area contributed by atoms with Crippen LogP contribution in [0.15, 0.2) is 91.1 Å². The highest BCUT2D eigenvalue weighted by Crippen LogP contribution is 2.59. The van der Waals surface area contributed by atoms with E-state index in [4.69, 9.17) is 4.74 Å². The molecule has 5 atom stereocenters. The number of hydrogen-bond donors (Lipinski definition) is 3. The van der Waals surface area contributed by atoms with Crippen LogP contribution in [0.1, 0.15) is 46.4 Å². The van der Waals surface area contributed by atoms with Gasteiger partial charge in [0.05, 0.1) is 35.6 Å². The first-order valence-corrected chi connectivity index (χ1v) is 19.4. The molecule has 0 aliphatic carbocycles. The van der Waals surface area contributed by atoms with E-state index in [-0.39, 0.29) is 35.8 Å². The van der Waals surface area contributed by atoms with Crippen molar-refractivity contribution in [3.63, 3.8) is 0 Å². The van der Waals surface area contributed by atoms with Gasteiger partial charge in [0, 0.05) is 46.5 Å². The number of aliphatic hydroxyl groups excluding tert-OH is 1. The summed E-state index contributed by atoms with van der Waals surface area (Å²) in [4.78, 5) is 41.1. The maximum Gasteiger partial charge on any atom is 0.263 e. The van der Waals surface area contributed by atoms with E-state index in [2.05, 4.69) is 15.6 Å². The summed E-state index contributed by atoms with van der Waals surface area (Å²) in [6.45, 7) is 6.14. The minimum atomic E-state index is -2.87. The summed E-state index contributed by atoms with van der Waals surface area (Å²) in [7, 11) is -2.87. The van der Waals surface area contributed by atoms with Gasteiger partial charge in [-0.3, -0.25) is 19.2 Å². The van der Waals surface area contributed by atoms with Crippen LogP contribution in [0.2, 0.25) is 18.6 Å². The number of rotatable bonds is 8. The highest BCUT2D eigenvalue weighted by atomic mass is 28.4. The Morgan fingerprint density at radius 1 is 1.02 bits per heavy atom. The molecule has 1 spiro atoms. The van der Waals surface area contributed by atoms with Crippen LogP contribution in [0.25, 0.3) is 10.8 Å². The molecule has 3 N–H and O–H groups in total. The molecular formula is C37H37N5O5Si. The molecule has 10 nitrogen and oxygen atoms in total. The fourth-order valence-corrected chi connectivity index (χ4v) is 11.0. The number of carbonyl (C=O) groups excluding carboxylic acids is 2. The van der Waals surface area contributed by atoms with Crippen LogP contribution < -0.4 is 10.2 Å². The molecule has 8 rings (SSSR count). The standard InChI is InChI=1S/C37H37N5O5Si/c1-22-34(48(2,3)46)32(17-18-41-20-30(39-40-41)27(21-43)23-9-5-4-6-10-23)47-37(22)28-19-25(15-16-29(28)38-36(37)45)42-31-14-8-12-24-11-7-13-26(33(24)31)35(42)44/h4-16,19-20,22,27,32,34,43,46H,17-18,21H2,1-3H3,(H,38,45)/t22-,27?,32+,34-,37+/m0/s1. The topological polar surface area (TPSA) is 130 Å². The molecule has 4 heterocycles. The van der Waals surface area contributed by atoms with Crippen LogP contribution in [-0.2, 0) is 21.7 Å². The second-order valence-corrected chi connectivity index (χ2v) is 17.7. The van der Waals surface area contributed by atoms with E-state index in [1.165, 1.54) is 0 Å². The van der Waals surface area contributed by atoms with Crippen LogP contribution in [-0.4, -0.2) is 57.7 Å². The molecule has 48 heavy (non-hydrogen) atoms. The van der Waals surface area contributed by atoms with Crippen molar-refractivity contribution in [3.8, 4) is 0 Å². The monoisotopic (exact) mass is 659 g/mol. The van der Waals surface area contributed by atoms with Crippen LogP contribution in [0.5, 0.6) is 0 Å². The lowest BCUT2D eigenvalue weighted by molar-refractivity contribution is -0.143.